The van der Waals surface area contributed by atoms with Gasteiger partial charge in [0.05, 0.1) is 5.02 Å². The first kappa shape index (κ1) is 18.4. The molecular weight excluding hydrogens is 357 g/mol. The van der Waals surface area contributed by atoms with Crippen molar-refractivity contribution < 1.29 is 9.47 Å². The Labute approximate surface area is 159 Å². The van der Waals surface area contributed by atoms with Gasteiger partial charge in [0.1, 0.15) is 23.7 Å². The lowest BCUT2D eigenvalue weighted by molar-refractivity contribution is 0.00215. The van der Waals surface area contributed by atoms with Crippen molar-refractivity contribution in [1.82, 2.24) is 4.90 Å². The first-order valence-electron chi connectivity index (χ1n) is 8.58. The van der Waals surface area contributed by atoms with E-state index in [0.717, 1.165) is 49.0 Å². The maximum atomic E-state index is 6.25. The molecule has 0 aromatic heterocycles. The van der Waals surface area contributed by atoms with Crippen LogP contribution in [0.4, 0.5) is 0 Å². The number of para-hydroxylation sites is 1. The highest BCUT2D eigenvalue weighted by Crippen LogP contribution is 2.28. The van der Waals surface area contributed by atoms with E-state index in [4.69, 9.17) is 32.7 Å². The Balaban J connectivity index is 1.52. The molecular formula is C20H23Cl2NO2. The van der Waals surface area contributed by atoms with Gasteiger partial charge in [-0.15, -0.1) is 0 Å². The van der Waals surface area contributed by atoms with Crippen LogP contribution in [0.3, 0.4) is 0 Å². The Morgan fingerprint density at radius 3 is 2.60 bits per heavy atom. The highest BCUT2D eigenvalue weighted by molar-refractivity contribution is 6.32. The maximum absolute atomic E-state index is 6.25. The van der Waals surface area contributed by atoms with Crippen molar-refractivity contribution >= 4 is 23.2 Å². The minimum Gasteiger partial charge on any atom is -0.491 e. The minimum atomic E-state index is -0.198. The molecule has 25 heavy (non-hydrogen) atoms. The van der Waals surface area contributed by atoms with Gasteiger partial charge in [-0.2, -0.15) is 0 Å². The molecule has 1 heterocycles. The summed E-state index contributed by atoms with van der Waals surface area (Å²) in [5.74, 6) is 1.60. The van der Waals surface area contributed by atoms with E-state index in [0.29, 0.717) is 11.6 Å². The third-order valence-corrected chi connectivity index (χ3v) is 4.98. The van der Waals surface area contributed by atoms with Gasteiger partial charge in [-0.25, -0.2) is 0 Å². The Morgan fingerprint density at radius 1 is 1.08 bits per heavy atom. The predicted octanol–water partition coefficient (Wildman–Crippen LogP) is 5.31. The van der Waals surface area contributed by atoms with Crippen LogP contribution < -0.4 is 9.47 Å². The largest absolute Gasteiger partial charge is 0.491 e. The lowest BCUT2D eigenvalue weighted by Crippen LogP contribution is -2.50. The molecule has 0 spiro atoms. The number of nitrogens with zero attached hydrogens (tertiary/aromatic N) is 1. The summed E-state index contributed by atoms with van der Waals surface area (Å²) in [4.78, 5) is 2.39. The van der Waals surface area contributed by atoms with E-state index in [1.807, 2.05) is 48.5 Å². The average molecular weight is 380 g/mol. The molecule has 0 aliphatic carbocycles. The van der Waals surface area contributed by atoms with Crippen molar-refractivity contribution in [3.63, 3.8) is 0 Å². The molecule has 0 amide bonds. The summed E-state index contributed by atoms with van der Waals surface area (Å²) in [7, 11) is 0. The molecule has 0 saturated carbocycles. The van der Waals surface area contributed by atoms with Gasteiger partial charge in [0.25, 0.3) is 0 Å². The molecule has 2 aromatic carbocycles. The summed E-state index contributed by atoms with van der Waals surface area (Å²) < 4.78 is 12.1. The number of ether oxygens (including phenoxy) is 2. The van der Waals surface area contributed by atoms with E-state index in [9.17, 15) is 0 Å². The fraction of sp³-hybridized carbons (Fsp3) is 0.400. The SMILES string of the molecule is CC1(Oc2ccc(Cl)cc2)CCCN(CCOc2ccccc2Cl)C1. The van der Waals surface area contributed by atoms with Crippen LogP contribution in [0.5, 0.6) is 11.5 Å². The molecule has 2 aromatic rings. The summed E-state index contributed by atoms with van der Waals surface area (Å²) >= 11 is 12.1. The molecule has 1 fully saturated rings. The average Bonchev–Trinajstić information content (AvgIpc) is 2.59. The highest BCUT2D eigenvalue weighted by Gasteiger charge is 2.32. The van der Waals surface area contributed by atoms with Crippen LogP contribution in [0.15, 0.2) is 48.5 Å². The van der Waals surface area contributed by atoms with Gasteiger partial charge >= 0.3 is 0 Å². The van der Waals surface area contributed by atoms with Crippen molar-refractivity contribution in [3.05, 3.63) is 58.6 Å². The van der Waals surface area contributed by atoms with Gasteiger partial charge < -0.3 is 9.47 Å². The van der Waals surface area contributed by atoms with Gasteiger partial charge in [0, 0.05) is 18.1 Å². The van der Waals surface area contributed by atoms with E-state index in [1.165, 1.54) is 0 Å². The van der Waals surface area contributed by atoms with E-state index < -0.39 is 0 Å². The van der Waals surface area contributed by atoms with Crippen molar-refractivity contribution in [2.75, 3.05) is 26.2 Å². The van der Waals surface area contributed by atoms with E-state index in [-0.39, 0.29) is 5.60 Å². The summed E-state index contributed by atoms with van der Waals surface area (Å²) in [6.07, 6.45) is 2.15. The number of benzene rings is 2. The van der Waals surface area contributed by atoms with Crippen molar-refractivity contribution in [3.8, 4) is 11.5 Å². The van der Waals surface area contributed by atoms with Crippen LogP contribution in [0, 0.1) is 0 Å². The fourth-order valence-electron chi connectivity index (χ4n) is 3.22. The van der Waals surface area contributed by atoms with E-state index >= 15 is 0 Å². The monoisotopic (exact) mass is 379 g/mol. The second-order valence-electron chi connectivity index (χ2n) is 6.66. The fourth-order valence-corrected chi connectivity index (χ4v) is 3.53. The molecule has 134 valence electrons. The second-order valence-corrected chi connectivity index (χ2v) is 7.51. The molecule has 1 aliphatic heterocycles. The smallest absolute Gasteiger partial charge is 0.137 e. The quantitative estimate of drug-likeness (QED) is 0.678. The first-order valence-corrected chi connectivity index (χ1v) is 9.34. The molecule has 1 saturated heterocycles. The molecule has 3 rings (SSSR count). The molecule has 0 bridgehead atoms. The molecule has 0 radical (unpaired) electrons. The lowest BCUT2D eigenvalue weighted by atomic mass is 9.94. The van der Waals surface area contributed by atoms with Crippen molar-refractivity contribution in [1.29, 1.82) is 0 Å². The Kier molecular flexibility index (Phi) is 6.10. The van der Waals surface area contributed by atoms with Gasteiger partial charge in [0.2, 0.25) is 0 Å². The summed E-state index contributed by atoms with van der Waals surface area (Å²) in [6.45, 7) is 5.57. The van der Waals surface area contributed by atoms with Crippen molar-refractivity contribution in [2.45, 2.75) is 25.4 Å². The lowest BCUT2D eigenvalue weighted by Gasteiger charge is -2.40. The number of piperidine rings is 1. The highest BCUT2D eigenvalue weighted by atomic mass is 35.5. The molecule has 0 N–H and O–H groups in total. The number of hydrogen-bond donors (Lipinski definition) is 0. The molecule has 1 aliphatic rings. The van der Waals surface area contributed by atoms with E-state index in [1.54, 1.807) is 0 Å². The Bertz CT molecular complexity index is 692. The first-order chi connectivity index (χ1) is 12.0. The zero-order valence-electron chi connectivity index (χ0n) is 14.4. The van der Waals surface area contributed by atoms with Gasteiger partial charge in [-0.05, 0) is 62.7 Å². The zero-order chi connectivity index (χ0) is 17.7. The number of halogens is 2. The van der Waals surface area contributed by atoms with Crippen LogP contribution >= 0.6 is 23.2 Å². The van der Waals surface area contributed by atoms with Crippen LogP contribution in [0.1, 0.15) is 19.8 Å². The molecule has 3 nitrogen and oxygen atoms in total. The van der Waals surface area contributed by atoms with Crippen LogP contribution in [0.2, 0.25) is 10.0 Å². The Hall–Kier alpha value is -1.42. The third kappa shape index (κ3) is 5.27. The standard InChI is InChI=1S/C20H23Cl2NO2/c1-20(25-17-9-7-16(21)8-10-17)11-4-12-23(15-20)13-14-24-19-6-3-2-5-18(19)22/h2-3,5-10H,4,11-15H2,1H3. The van der Waals surface area contributed by atoms with E-state index in [2.05, 4.69) is 11.8 Å². The second kappa shape index (κ2) is 8.31. The number of hydrogen-bond acceptors (Lipinski definition) is 3. The summed E-state index contributed by atoms with van der Waals surface area (Å²) in [5.41, 5.74) is -0.198. The number of rotatable bonds is 6. The van der Waals surface area contributed by atoms with Crippen LogP contribution in [-0.4, -0.2) is 36.7 Å². The van der Waals surface area contributed by atoms with Gasteiger partial charge in [-0.1, -0.05) is 35.3 Å². The zero-order valence-corrected chi connectivity index (χ0v) is 15.9. The number of likely N-dealkylation sites (tertiary alicyclic amines) is 1. The van der Waals surface area contributed by atoms with Gasteiger partial charge in [-0.3, -0.25) is 4.90 Å². The molecule has 5 heteroatoms. The van der Waals surface area contributed by atoms with Gasteiger partial charge in [0.15, 0.2) is 0 Å². The predicted molar refractivity (Wildman–Crippen MR) is 103 cm³/mol. The maximum Gasteiger partial charge on any atom is 0.137 e. The summed E-state index contributed by atoms with van der Waals surface area (Å²) in [6, 6.07) is 15.1. The van der Waals surface area contributed by atoms with Crippen LogP contribution in [0.25, 0.3) is 0 Å². The summed E-state index contributed by atoms with van der Waals surface area (Å²) in [5, 5.41) is 1.37. The normalized spacial score (nSPS) is 21.1. The van der Waals surface area contributed by atoms with Crippen molar-refractivity contribution in [2.24, 2.45) is 0 Å². The minimum absolute atomic E-state index is 0.198. The molecule has 1 unspecified atom stereocenters. The third-order valence-electron chi connectivity index (χ3n) is 4.42. The molecule has 1 atom stereocenters. The Morgan fingerprint density at radius 2 is 1.84 bits per heavy atom. The van der Waals surface area contributed by atoms with Crippen LogP contribution in [-0.2, 0) is 0 Å². The topological polar surface area (TPSA) is 21.7 Å².